The summed E-state index contributed by atoms with van der Waals surface area (Å²) in [6.45, 7) is -0.501. The van der Waals surface area contributed by atoms with Crippen LogP contribution in [0, 0.1) is 0 Å². The van der Waals surface area contributed by atoms with Gasteiger partial charge in [-0.1, -0.05) is 71.7 Å². The lowest BCUT2D eigenvalue weighted by atomic mass is 10.0. The summed E-state index contributed by atoms with van der Waals surface area (Å²) in [5.74, 6) is -0.944. The molecule has 0 saturated heterocycles. The second-order valence-electron chi connectivity index (χ2n) is 8.31. The summed E-state index contributed by atoms with van der Waals surface area (Å²) < 4.78 is 27.0. The molecule has 1 N–H and O–H groups in total. The number of rotatable bonds is 10. The second-order valence-corrected chi connectivity index (χ2v) is 11.9. The average Bonchev–Trinajstić information content (AvgIpc) is 2.86. The van der Waals surface area contributed by atoms with Crippen LogP contribution in [-0.4, -0.2) is 51.0 Å². The van der Waals surface area contributed by atoms with Gasteiger partial charge in [-0.05, 0) is 51.3 Å². The Balaban J connectivity index is 2.05. The van der Waals surface area contributed by atoms with Crippen LogP contribution in [0.4, 0.5) is 5.69 Å². The minimum atomic E-state index is -3.85. The van der Waals surface area contributed by atoms with Crippen LogP contribution in [0.1, 0.15) is 11.1 Å². The fourth-order valence-corrected chi connectivity index (χ4v) is 5.60. The summed E-state index contributed by atoms with van der Waals surface area (Å²) in [7, 11) is -2.36. The van der Waals surface area contributed by atoms with E-state index in [1.54, 1.807) is 42.5 Å². The molecule has 0 aliphatic carbocycles. The molecule has 0 heterocycles. The molecule has 0 spiro atoms. The summed E-state index contributed by atoms with van der Waals surface area (Å²) >= 11 is 15.7. The molecule has 0 bridgehead atoms. The topological polar surface area (TPSA) is 86.8 Å². The van der Waals surface area contributed by atoms with Gasteiger partial charge < -0.3 is 10.2 Å². The highest BCUT2D eigenvalue weighted by molar-refractivity contribution is 9.10. The van der Waals surface area contributed by atoms with E-state index in [1.165, 1.54) is 11.9 Å². The first-order valence-corrected chi connectivity index (χ1v) is 14.6. The summed E-state index contributed by atoms with van der Waals surface area (Å²) in [4.78, 5) is 28.3. The number of carbonyl (C=O) groups excluding carboxylic acids is 2. The highest BCUT2D eigenvalue weighted by Gasteiger charge is 2.33. The summed E-state index contributed by atoms with van der Waals surface area (Å²) in [6.07, 6.45) is 1.25. The molecule has 11 heteroatoms. The molecule has 0 aromatic heterocycles. The quantitative estimate of drug-likeness (QED) is 0.347. The van der Waals surface area contributed by atoms with E-state index >= 15 is 0 Å². The molecule has 1 atom stereocenters. The van der Waals surface area contributed by atoms with E-state index in [9.17, 15) is 18.0 Å². The van der Waals surface area contributed by atoms with Gasteiger partial charge >= 0.3 is 0 Å². The van der Waals surface area contributed by atoms with Gasteiger partial charge in [0.05, 0.1) is 22.0 Å². The maximum absolute atomic E-state index is 13.9. The fourth-order valence-electron chi connectivity index (χ4n) is 3.80. The van der Waals surface area contributed by atoms with Crippen molar-refractivity contribution in [1.82, 2.24) is 10.2 Å². The predicted octanol–water partition coefficient (Wildman–Crippen LogP) is 4.91. The SMILES string of the molecule is CNC(=O)C(Cc1ccccc1)N(Cc1ccc(Cl)c(Cl)c1)C(=O)CN(c1ccccc1Br)S(C)(=O)=O. The van der Waals surface area contributed by atoms with Crippen molar-refractivity contribution in [2.24, 2.45) is 0 Å². The van der Waals surface area contributed by atoms with Gasteiger partial charge in [0.25, 0.3) is 0 Å². The number of carbonyl (C=O) groups is 2. The van der Waals surface area contributed by atoms with E-state index in [4.69, 9.17) is 23.2 Å². The van der Waals surface area contributed by atoms with Crippen LogP contribution >= 0.6 is 39.1 Å². The van der Waals surface area contributed by atoms with Crippen molar-refractivity contribution in [3.05, 3.63) is 98.4 Å². The fraction of sp³-hybridized carbons (Fsp3) is 0.231. The molecule has 0 fully saturated rings. The first-order chi connectivity index (χ1) is 17.5. The van der Waals surface area contributed by atoms with Crippen molar-refractivity contribution in [3.63, 3.8) is 0 Å². The lowest BCUT2D eigenvalue weighted by Crippen LogP contribution is -2.52. The van der Waals surface area contributed by atoms with Crippen molar-refractivity contribution >= 4 is 66.7 Å². The summed E-state index contributed by atoms with van der Waals surface area (Å²) in [6, 6.07) is 20.0. The number of nitrogens with one attached hydrogen (secondary N) is 1. The van der Waals surface area contributed by atoms with Crippen LogP contribution in [-0.2, 0) is 32.6 Å². The summed E-state index contributed by atoms with van der Waals surface area (Å²) in [5, 5.41) is 3.29. The number of anilines is 1. The predicted molar refractivity (Wildman–Crippen MR) is 151 cm³/mol. The first-order valence-electron chi connectivity index (χ1n) is 11.2. The van der Waals surface area contributed by atoms with Gasteiger partial charge in [-0.2, -0.15) is 0 Å². The standard InChI is InChI=1S/C26H26BrCl2N3O4S/c1-30-26(34)24(15-18-8-4-3-5-9-18)31(16-19-12-13-21(28)22(29)14-19)25(33)17-32(37(2,35)36)23-11-7-6-10-20(23)27/h3-14,24H,15-17H2,1-2H3,(H,30,34). The van der Waals surface area contributed by atoms with E-state index in [0.29, 0.717) is 25.8 Å². The summed E-state index contributed by atoms with van der Waals surface area (Å²) in [5.41, 5.74) is 1.79. The molecule has 1 unspecified atom stereocenters. The van der Waals surface area contributed by atoms with Gasteiger partial charge in [0.2, 0.25) is 21.8 Å². The molecule has 7 nitrogen and oxygen atoms in total. The Labute approximate surface area is 235 Å². The first kappa shape index (κ1) is 29.0. The maximum atomic E-state index is 13.9. The number of sulfonamides is 1. The van der Waals surface area contributed by atoms with Gasteiger partial charge in [-0.15, -0.1) is 0 Å². The Morgan fingerprint density at radius 3 is 2.19 bits per heavy atom. The van der Waals surface area contributed by atoms with Crippen molar-refractivity contribution < 1.29 is 18.0 Å². The van der Waals surface area contributed by atoms with E-state index in [0.717, 1.165) is 16.1 Å². The molecule has 0 radical (unpaired) electrons. The minimum Gasteiger partial charge on any atom is -0.357 e. The second kappa shape index (κ2) is 12.8. The Morgan fingerprint density at radius 2 is 1.59 bits per heavy atom. The third kappa shape index (κ3) is 7.70. The van der Waals surface area contributed by atoms with Crippen LogP contribution in [0.3, 0.4) is 0 Å². The molecule has 3 rings (SSSR count). The van der Waals surface area contributed by atoms with Gasteiger partial charge in [-0.3, -0.25) is 13.9 Å². The number of nitrogens with zero attached hydrogens (tertiary/aromatic N) is 2. The molecule has 2 amide bonds. The molecule has 3 aromatic carbocycles. The van der Waals surface area contributed by atoms with Crippen LogP contribution in [0.5, 0.6) is 0 Å². The number of amides is 2. The van der Waals surface area contributed by atoms with Crippen molar-refractivity contribution in [1.29, 1.82) is 0 Å². The zero-order chi connectivity index (χ0) is 27.2. The largest absolute Gasteiger partial charge is 0.357 e. The highest BCUT2D eigenvalue weighted by atomic mass is 79.9. The Hall–Kier alpha value is -2.59. The molecule has 0 saturated carbocycles. The van der Waals surface area contributed by atoms with Crippen LogP contribution < -0.4 is 9.62 Å². The Kier molecular flexibility index (Phi) is 10.0. The van der Waals surface area contributed by atoms with Crippen molar-refractivity contribution in [2.45, 2.75) is 19.0 Å². The monoisotopic (exact) mass is 625 g/mol. The van der Waals surface area contributed by atoms with Gasteiger partial charge in [-0.25, -0.2) is 8.42 Å². The molecule has 3 aromatic rings. The van der Waals surface area contributed by atoms with E-state index in [-0.39, 0.29) is 18.9 Å². The molecule has 0 aliphatic rings. The normalized spacial score (nSPS) is 12.0. The van der Waals surface area contributed by atoms with Crippen LogP contribution in [0.25, 0.3) is 0 Å². The van der Waals surface area contributed by atoms with Gasteiger partial charge in [0, 0.05) is 24.5 Å². The Morgan fingerprint density at radius 1 is 0.946 bits per heavy atom. The zero-order valence-electron chi connectivity index (χ0n) is 20.2. The van der Waals surface area contributed by atoms with Crippen LogP contribution in [0.2, 0.25) is 10.0 Å². The third-order valence-corrected chi connectivity index (χ3v) is 8.19. The molecular formula is C26H26BrCl2N3O4S. The highest BCUT2D eigenvalue weighted by Crippen LogP contribution is 2.29. The number of para-hydroxylation sites is 1. The number of hydrogen-bond donors (Lipinski definition) is 1. The van der Waals surface area contributed by atoms with Gasteiger partial charge in [0.15, 0.2) is 0 Å². The van der Waals surface area contributed by atoms with E-state index in [2.05, 4.69) is 21.2 Å². The smallest absolute Gasteiger partial charge is 0.244 e. The lowest BCUT2D eigenvalue weighted by molar-refractivity contribution is -0.139. The van der Waals surface area contributed by atoms with Crippen LogP contribution in [0.15, 0.2) is 77.3 Å². The minimum absolute atomic E-state index is 0.00814. The molecule has 0 aliphatic heterocycles. The number of halogens is 3. The number of hydrogen-bond acceptors (Lipinski definition) is 4. The Bertz CT molecular complexity index is 1370. The molecule has 37 heavy (non-hydrogen) atoms. The van der Waals surface area contributed by atoms with E-state index < -0.39 is 28.5 Å². The van der Waals surface area contributed by atoms with Gasteiger partial charge in [0.1, 0.15) is 12.6 Å². The zero-order valence-corrected chi connectivity index (χ0v) is 24.1. The van der Waals surface area contributed by atoms with Crippen molar-refractivity contribution in [3.8, 4) is 0 Å². The maximum Gasteiger partial charge on any atom is 0.244 e. The average molecular weight is 627 g/mol. The number of likely N-dealkylation sites (N-methyl/N-ethyl adjacent to an activating group) is 1. The third-order valence-electron chi connectivity index (χ3n) is 5.65. The lowest BCUT2D eigenvalue weighted by Gasteiger charge is -2.33. The molecular weight excluding hydrogens is 601 g/mol. The molecule has 196 valence electrons. The number of benzene rings is 3. The van der Waals surface area contributed by atoms with Crippen molar-refractivity contribution in [2.75, 3.05) is 24.2 Å². The van der Waals surface area contributed by atoms with E-state index in [1.807, 2.05) is 30.3 Å².